The minimum atomic E-state index is 0.354. The van der Waals surface area contributed by atoms with Gasteiger partial charge in [0, 0.05) is 31.4 Å². The number of nitrogens with zero attached hydrogens (tertiary/aromatic N) is 6. The zero-order valence-corrected chi connectivity index (χ0v) is 13.9. The van der Waals surface area contributed by atoms with Crippen molar-refractivity contribution in [2.75, 3.05) is 19.8 Å². The van der Waals surface area contributed by atoms with E-state index in [0.29, 0.717) is 12.0 Å². The molecule has 0 bridgehead atoms. The van der Waals surface area contributed by atoms with Gasteiger partial charge in [-0.3, -0.25) is 9.58 Å². The van der Waals surface area contributed by atoms with E-state index in [9.17, 15) is 0 Å². The van der Waals surface area contributed by atoms with Gasteiger partial charge in [-0.2, -0.15) is 4.98 Å². The van der Waals surface area contributed by atoms with E-state index in [0.717, 1.165) is 57.4 Å². The minimum absolute atomic E-state index is 0.354. The van der Waals surface area contributed by atoms with Crippen molar-refractivity contribution in [3.05, 3.63) is 24.1 Å². The lowest BCUT2D eigenvalue weighted by Gasteiger charge is -2.34. The van der Waals surface area contributed by atoms with Crippen LogP contribution in [0.2, 0.25) is 0 Å². The van der Waals surface area contributed by atoms with Crippen molar-refractivity contribution in [2.45, 2.75) is 57.2 Å². The Labute approximate surface area is 141 Å². The highest BCUT2D eigenvalue weighted by atomic mass is 16.5. The van der Waals surface area contributed by atoms with Crippen LogP contribution in [0.3, 0.4) is 0 Å². The summed E-state index contributed by atoms with van der Waals surface area (Å²) in [5.74, 6) is 1.92. The average molecular weight is 332 g/mol. The van der Waals surface area contributed by atoms with Crippen LogP contribution in [0.25, 0.3) is 0 Å². The predicted molar refractivity (Wildman–Crippen MR) is 85.2 cm³/mol. The number of ether oxygens (including phenoxy) is 1. The Balaban J connectivity index is 1.40. The molecule has 2 aliphatic heterocycles. The van der Waals surface area contributed by atoms with Crippen LogP contribution in [0.5, 0.6) is 0 Å². The zero-order valence-electron chi connectivity index (χ0n) is 13.9. The van der Waals surface area contributed by atoms with Gasteiger partial charge in [0.25, 0.3) is 0 Å². The SMILES string of the molecule is c1cn(CC2CCCCN2Cc2noc(C3CCOCC3)n2)nn1. The van der Waals surface area contributed by atoms with E-state index in [1.54, 1.807) is 6.20 Å². The van der Waals surface area contributed by atoms with E-state index < -0.39 is 0 Å². The molecule has 0 radical (unpaired) electrons. The average Bonchev–Trinajstić information content (AvgIpc) is 3.29. The maximum atomic E-state index is 5.52. The van der Waals surface area contributed by atoms with Crippen molar-refractivity contribution in [1.82, 2.24) is 30.0 Å². The van der Waals surface area contributed by atoms with E-state index in [2.05, 4.69) is 25.4 Å². The Morgan fingerprint density at radius 1 is 1.17 bits per heavy atom. The van der Waals surface area contributed by atoms with E-state index in [1.807, 2.05) is 10.9 Å². The smallest absolute Gasteiger partial charge is 0.229 e. The summed E-state index contributed by atoms with van der Waals surface area (Å²) in [6.45, 7) is 4.25. The maximum Gasteiger partial charge on any atom is 0.229 e. The lowest BCUT2D eigenvalue weighted by atomic mass is 10.0. The molecule has 2 saturated heterocycles. The molecule has 0 aromatic carbocycles. The number of aromatic nitrogens is 5. The second-order valence-corrected chi connectivity index (χ2v) is 6.68. The number of likely N-dealkylation sites (tertiary alicyclic amines) is 1. The lowest BCUT2D eigenvalue weighted by Crippen LogP contribution is -2.41. The van der Waals surface area contributed by atoms with Gasteiger partial charge < -0.3 is 9.26 Å². The summed E-state index contributed by atoms with van der Waals surface area (Å²) < 4.78 is 12.8. The summed E-state index contributed by atoms with van der Waals surface area (Å²) in [5.41, 5.74) is 0. The minimum Gasteiger partial charge on any atom is -0.381 e. The van der Waals surface area contributed by atoms with Crippen LogP contribution in [-0.4, -0.2) is 55.8 Å². The summed E-state index contributed by atoms with van der Waals surface area (Å²) in [5, 5.41) is 12.2. The topological polar surface area (TPSA) is 82.1 Å². The normalized spacial score (nSPS) is 23.6. The maximum absolute atomic E-state index is 5.52. The fraction of sp³-hybridized carbons (Fsp3) is 0.750. The molecule has 24 heavy (non-hydrogen) atoms. The molecule has 0 aliphatic carbocycles. The van der Waals surface area contributed by atoms with Crippen LogP contribution in [-0.2, 0) is 17.8 Å². The van der Waals surface area contributed by atoms with Crippen LogP contribution in [0.4, 0.5) is 0 Å². The van der Waals surface area contributed by atoms with Crippen molar-refractivity contribution in [2.24, 2.45) is 0 Å². The van der Waals surface area contributed by atoms with Crippen molar-refractivity contribution in [3.63, 3.8) is 0 Å². The van der Waals surface area contributed by atoms with Crippen LogP contribution in [0, 0.1) is 0 Å². The molecule has 1 atom stereocenters. The Hall–Kier alpha value is -1.80. The van der Waals surface area contributed by atoms with Gasteiger partial charge in [-0.25, -0.2) is 0 Å². The molecule has 0 N–H and O–H groups in total. The second-order valence-electron chi connectivity index (χ2n) is 6.68. The van der Waals surface area contributed by atoms with Crippen molar-refractivity contribution in [3.8, 4) is 0 Å². The number of rotatable bonds is 5. The Morgan fingerprint density at radius 2 is 2.08 bits per heavy atom. The number of piperidine rings is 1. The molecule has 2 aromatic heterocycles. The summed E-state index contributed by atoms with van der Waals surface area (Å²) >= 11 is 0. The first kappa shape index (κ1) is 15.7. The first-order valence-electron chi connectivity index (χ1n) is 8.87. The molecule has 8 nitrogen and oxygen atoms in total. The standard InChI is InChI=1S/C16H24N6O2/c1-2-7-21(14(3-1)11-22-8-6-17-20-22)12-15-18-16(24-19-15)13-4-9-23-10-5-13/h6,8,13-14H,1-5,7,9-12H2. The van der Waals surface area contributed by atoms with Gasteiger partial charge in [-0.1, -0.05) is 16.8 Å². The van der Waals surface area contributed by atoms with E-state index >= 15 is 0 Å². The van der Waals surface area contributed by atoms with Gasteiger partial charge >= 0.3 is 0 Å². The Bertz CT molecular complexity index is 622. The van der Waals surface area contributed by atoms with Crippen molar-refractivity contribution >= 4 is 0 Å². The summed E-state index contributed by atoms with van der Waals surface area (Å²) in [6.07, 6.45) is 9.25. The number of hydrogen-bond acceptors (Lipinski definition) is 7. The van der Waals surface area contributed by atoms with E-state index in [-0.39, 0.29) is 0 Å². The first-order chi connectivity index (χ1) is 11.9. The summed E-state index contributed by atoms with van der Waals surface area (Å²) in [6, 6.07) is 0.450. The third-order valence-electron chi connectivity index (χ3n) is 5.02. The molecule has 0 saturated carbocycles. The fourth-order valence-electron chi connectivity index (χ4n) is 3.64. The molecule has 2 fully saturated rings. The Kier molecular flexibility index (Phi) is 4.84. The first-order valence-corrected chi connectivity index (χ1v) is 8.87. The van der Waals surface area contributed by atoms with Crippen LogP contribution in [0.15, 0.2) is 16.9 Å². The van der Waals surface area contributed by atoms with Gasteiger partial charge in [-0.05, 0) is 32.2 Å². The van der Waals surface area contributed by atoms with Crippen molar-refractivity contribution < 1.29 is 9.26 Å². The quantitative estimate of drug-likeness (QED) is 0.822. The van der Waals surface area contributed by atoms with Crippen LogP contribution < -0.4 is 0 Å². The zero-order chi connectivity index (χ0) is 16.2. The molecule has 130 valence electrons. The van der Waals surface area contributed by atoms with Gasteiger partial charge in [-0.15, -0.1) is 5.10 Å². The molecular weight excluding hydrogens is 308 g/mol. The molecule has 2 aromatic rings. The van der Waals surface area contributed by atoms with Gasteiger partial charge in [0.2, 0.25) is 5.89 Å². The van der Waals surface area contributed by atoms with Gasteiger partial charge in [0.1, 0.15) is 0 Å². The molecular formula is C16H24N6O2. The van der Waals surface area contributed by atoms with Crippen molar-refractivity contribution in [1.29, 1.82) is 0 Å². The highest BCUT2D eigenvalue weighted by molar-refractivity contribution is 4.96. The predicted octanol–water partition coefficient (Wildman–Crippen LogP) is 1.61. The largest absolute Gasteiger partial charge is 0.381 e. The molecule has 1 unspecified atom stereocenters. The molecule has 4 rings (SSSR count). The molecule has 0 amide bonds. The van der Waals surface area contributed by atoms with Crippen LogP contribution >= 0.6 is 0 Å². The monoisotopic (exact) mass is 332 g/mol. The second kappa shape index (κ2) is 7.40. The molecule has 2 aliphatic rings. The number of hydrogen-bond donors (Lipinski definition) is 0. The van der Waals surface area contributed by atoms with E-state index in [1.165, 1.54) is 19.3 Å². The third kappa shape index (κ3) is 3.64. The highest BCUT2D eigenvalue weighted by Gasteiger charge is 2.26. The summed E-state index contributed by atoms with van der Waals surface area (Å²) in [4.78, 5) is 7.10. The molecule has 4 heterocycles. The molecule has 8 heteroatoms. The van der Waals surface area contributed by atoms with Gasteiger partial charge in [0.05, 0.1) is 19.3 Å². The van der Waals surface area contributed by atoms with Gasteiger partial charge in [0.15, 0.2) is 5.82 Å². The molecule has 0 spiro atoms. The summed E-state index contributed by atoms with van der Waals surface area (Å²) in [7, 11) is 0. The van der Waals surface area contributed by atoms with Crippen LogP contribution in [0.1, 0.15) is 49.7 Å². The fourth-order valence-corrected chi connectivity index (χ4v) is 3.64. The highest BCUT2D eigenvalue weighted by Crippen LogP contribution is 2.26. The van der Waals surface area contributed by atoms with E-state index in [4.69, 9.17) is 9.26 Å². The third-order valence-corrected chi connectivity index (χ3v) is 5.02. The Morgan fingerprint density at radius 3 is 2.92 bits per heavy atom. The lowest BCUT2D eigenvalue weighted by molar-refractivity contribution is 0.0778.